The normalized spacial score (nSPS) is 17.3. The molecule has 4 rings (SSSR count). The third-order valence-corrected chi connectivity index (χ3v) is 6.97. The van der Waals surface area contributed by atoms with E-state index in [1.165, 1.54) is 12.3 Å². The van der Waals surface area contributed by atoms with Gasteiger partial charge in [-0.3, -0.25) is 4.79 Å². The van der Waals surface area contributed by atoms with Crippen LogP contribution in [0.5, 0.6) is 0 Å². The van der Waals surface area contributed by atoms with Crippen LogP contribution in [0, 0.1) is 0 Å². The molecule has 30 heavy (non-hydrogen) atoms. The Labute approximate surface area is 175 Å². The largest absolute Gasteiger partial charge is 0.462 e. The Morgan fingerprint density at radius 3 is 2.50 bits per heavy atom. The summed E-state index contributed by atoms with van der Waals surface area (Å²) < 4.78 is 31.5. The number of carbonyl (C=O) groups is 2. The molecule has 2 heterocycles. The number of hydrogen-bond acceptors (Lipinski definition) is 6. The van der Waals surface area contributed by atoms with Crippen molar-refractivity contribution < 1.29 is 22.7 Å². The van der Waals surface area contributed by atoms with Crippen LogP contribution in [-0.2, 0) is 19.4 Å². The van der Waals surface area contributed by atoms with Gasteiger partial charge < -0.3 is 14.5 Å². The lowest BCUT2D eigenvalue weighted by molar-refractivity contribution is -0.125. The first-order chi connectivity index (χ1) is 14.4. The Morgan fingerprint density at radius 2 is 1.77 bits per heavy atom. The van der Waals surface area contributed by atoms with Crippen molar-refractivity contribution in [2.75, 3.05) is 24.6 Å². The van der Waals surface area contributed by atoms with Crippen LogP contribution in [0.4, 0.5) is 11.4 Å². The minimum absolute atomic E-state index is 0.0663. The van der Waals surface area contributed by atoms with Gasteiger partial charge in [-0.15, -0.1) is 0 Å². The second-order valence-corrected chi connectivity index (χ2v) is 8.99. The van der Waals surface area contributed by atoms with Gasteiger partial charge in [-0.05, 0) is 50.1 Å². The van der Waals surface area contributed by atoms with Crippen LogP contribution in [0.1, 0.15) is 30.1 Å². The summed E-state index contributed by atoms with van der Waals surface area (Å²) in [5.41, 5.74) is 1.34. The maximum Gasteiger partial charge on any atom is 0.338 e. The molecule has 0 spiro atoms. The number of sulfone groups is 1. The highest BCUT2D eigenvalue weighted by atomic mass is 32.2. The predicted octanol–water partition coefficient (Wildman–Crippen LogP) is 3.25. The minimum Gasteiger partial charge on any atom is -0.462 e. The van der Waals surface area contributed by atoms with Gasteiger partial charge in [0, 0.05) is 25.0 Å². The summed E-state index contributed by atoms with van der Waals surface area (Å²) >= 11 is 0. The third kappa shape index (κ3) is 3.47. The second kappa shape index (κ2) is 7.95. The fourth-order valence-electron chi connectivity index (χ4n) is 3.72. The Kier molecular flexibility index (Phi) is 5.34. The highest BCUT2D eigenvalue weighted by Crippen LogP contribution is 2.40. The lowest BCUT2D eigenvalue weighted by Crippen LogP contribution is -2.35. The molecule has 156 valence electrons. The molecule has 1 fully saturated rings. The fourth-order valence-corrected chi connectivity index (χ4v) is 5.25. The first-order valence-electron chi connectivity index (χ1n) is 9.85. The molecule has 2 aromatic rings. The van der Waals surface area contributed by atoms with E-state index >= 15 is 0 Å². The number of para-hydroxylation sites is 1. The van der Waals surface area contributed by atoms with Crippen molar-refractivity contribution in [1.82, 2.24) is 4.90 Å². The molecule has 7 nitrogen and oxygen atoms in total. The zero-order chi connectivity index (χ0) is 21.3. The molecule has 8 heteroatoms. The van der Waals surface area contributed by atoms with Gasteiger partial charge in [0.2, 0.25) is 9.84 Å². The van der Waals surface area contributed by atoms with Gasteiger partial charge in [-0.25, -0.2) is 13.2 Å². The van der Waals surface area contributed by atoms with E-state index in [9.17, 15) is 18.0 Å². The van der Waals surface area contributed by atoms with Crippen LogP contribution in [0.2, 0.25) is 0 Å². The number of anilines is 2. The molecule has 2 aliphatic rings. The first-order valence-corrected chi connectivity index (χ1v) is 11.3. The van der Waals surface area contributed by atoms with Crippen molar-refractivity contribution in [2.24, 2.45) is 0 Å². The van der Waals surface area contributed by atoms with E-state index in [-0.39, 0.29) is 16.4 Å². The van der Waals surface area contributed by atoms with Crippen molar-refractivity contribution >= 4 is 33.1 Å². The van der Waals surface area contributed by atoms with Crippen LogP contribution in [0.15, 0.2) is 64.5 Å². The van der Waals surface area contributed by atoms with E-state index in [4.69, 9.17) is 4.74 Å². The van der Waals surface area contributed by atoms with Gasteiger partial charge in [-0.1, -0.05) is 18.2 Å². The zero-order valence-corrected chi connectivity index (χ0v) is 17.4. The number of ether oxygens (including phenoxy) is 1. The molecule has 0 unspecified atom stereocenters. The van der Waals surface area contributed by atoms with Gasteiger partial charge >= 0.3 is 5.97 Å². The zero-order valence-electron chi connectivity index (χ0n) is 16.6. The Hall–Kier alpha value is -3.13. The molecule has 2 aromatic carbocycles. The molecule has 0 atom stereocenters. The van der Waals surface area contributed by atoms with Gasteiger partial charge in [0.15, 0.2) is 4.91 Å². The van der Waals surface area contributed by atoms with Crippen LogP contribution in [0.25, 0.3) is 0 Å². The molecular weight excluding hydrogens is 404 g/mol. The van der Waals surface area contributed by atoms with E-state index < -0.39 is 21.7 Å². The average molecular weight is 426 g/mol. The molecule has 0 bridgehead atoms. The van der Waals surface area contributed by atoms with Crippen molar-refractivity contribution in [1.29, 1.82) is 0 Å². The molecule has 0 N–H and O–H groups in total. The number of benzene rings is 2. The number of nitrogens with zero attached hydrogens (tertiary/aromatic N) is 2. The number of likely N-dealkylation sites (tertiary alicyclic amines) is 1. The Morgan fingerprint density at radius 1 is 1.03 bits per heavy atom. The fraction of sp³-hybridized carbons (Fsp3) is 0.273. The quantitative estimate of drug-likeness (QED) is 0.698. The smallest absolute Gasteiger partial charge is 0.338 e. The van der Waals surface area contributed by atoms with E-state index in [0.29, 0.717) is 30.0 Å². The number of rotatable bonds is 4. The first kappa shape index (κ1) is 20.2. The molecule has 0 aliphatic carbocycles. The summed E-state index contributed by atoms with van der Waals surface area (Å²) in [5.74, 6) is -0.955. The minimum atomic E-state index is -3.96. The maximum absolute atomic E-state index is 13.2. The molecule has 0 aromatic heterocycles. The Bertz CT molecular complexity index is 1130. The third-order valence-electron chi connectivity index (χ3n) is 5.19. The van der Waals surface area contributed by atoms with Crippen LogP contribution < -0.4 is 4.90 Å². The molecular formula is C22H22N2O5S. The van der Waals surface area contributed by atoms with Crippen LogP contribution in [0.3, 0.4) is 0 Å². The monoisotopic (exact) mass is 426 g/mol. The summed E-state index contributed by atoms with van der Waals surface area (Å²) in [6.07, 6.45) is 3.09. The number of fused-ring (bicyclic) bond motifs is 1. The number of carbonyl (C=O) groups excluding carboxylic acids is 2. The predicted molar refractivity (Wildman–Crippen MR) is 112 cm³/mol. The highest BCUT2D eigenvalue weighted by molar-refractivity contribution is 7.96. The molecule has 0 radical (unpaired) electrons. The van der Waals surface area contributed by atoms with E-state index in [2.05, 4.69) is 0 Å². The molecule has 1 amide bonds. The van der Waals surface area contributed by atoms with Gasteiger partial charge in [0.25, 0.3) is 5.91 Å². The summed E-state index contributed by atoms with van der Waals surface area (Å²) in [4.78, 5) is 28.2. The lowest BCUT2D eigenvalue weighted by Gasteiger charge is -2.30. The maximum atomic E-state index is 13.2. The van der Waals surface area contributed by atoms with E-state index in [1.807, 2.05) is 0 Å². The average Bonchev–Trinajstić information content (AvgIpc) is 3.29. The molecule has 2 aliphatic heterocycles. The lowest BCUT2D eigenvalue weighted by atomic mass is 10.1. The highest BCUT2D eigenvalue weighted by Gasteiger charge is 2.38. The topological polar surface area (TPSA) is 84.0 Å². The van der Waals surface area contributed by atoms with Crippen molar-refractivity contribution in [2.45, 2.75) is 24.7 Å². The summed E-state index contributed by atoms with van der Waals surface area (Å²) in [7, 11) is -3.96. The van der Waals surface area contributed by atoms with E-state index in [1.54, 1.807) is 59.2 Å². The number of esters is 1. The van der Waals surface area contributed by atoms with Crippen LogP contribution in [-0.4, -0.2) is 44.9 Å². The molecule has 0 saturated carbocycles. The summed E-state index contributed by atoms with van der Waals surface area (Å²) in [6, 6.07) is 13.3. The molecule has 1 saturated heterocycles. The number of amides is 1. The SMILES string of the molecule is CCOC(=O)c1cccc(N2C=C(C(=O)N3CCCC3)S(=O)(=O)c3ccccc32)c1. The Balaban J connectivity index is 1.84. The van der Waals surface area contributed by atoms with Crippen molar-refractivity contribution in [3.63, 3.8) is 0 Å². The number of hydrogen-bond donors (Lipinski definition) is 0. The summed E-state index contributed by atoms with van der Waals surface area (Å²) in [5, 5.41) is 0. The van der Waals surface area contributed by atoms with Gasteiger partial charge in [0.1, 0.15) is 0 Å². The summed E-state index contributed by atoms with van der Waals surface area (Å²) in [6.45, 7) is 3.08. The van der Waals surface area contributed by atoms with Crippen LogP contribution >= 0.6 is 0 Å². The standard InChI is InChI=1S/C22H22N2O5S/c1-2-29-22(26)16-8-7-9-17(14-16)24-15-20(21(25)23-12-5-6-13-23)30(27,28)19-11-4-3-10-18(19)24/h3-4,7-11,14-15H,2,5-6,12-13H2,1H3. The van der Waals surface area contributed by atoms with Crippen molar-refractivity contribution in [3.05, 3.63) is 65.2 Å². The second-order valence-electron chi connectivity index (χ2n) is 7.10. The van der Waals surface area contributed by atoms with Crippen molar-refractivity contribution in [3.8, 4) is 0 Å². The van der Waals surface area contributed by atoms with Gasteiger partial charge in [-0.2, -0.15) is 0 Å². The van der Waals surface area contributed by atoms with E-state index in [0.717, 1.165) is 12.8 Å². The van der Waals surface area contributed by atoms with Gasteiger partial charge in [0.05, 0.1) is 22.8 Å².